The van der Waals surface area contributed by atoms with Crippen molar-refractivity contribution < 1.29 is 13.2 Å². The highest BCUT2D eigenvalue weighted by Crippen LogP contribution is 2.36. The van der Waals surface area contributed by atoms with E-state index in [-0.39, 0.29) is 0 Å². The number of rotatable bonds is 1. The van der Waals surface area contributed by atoms with Gasteiger partial charge < -0.3 is 10.2 Å². The van der Waals surface area contributed by atoms with E-state index in [4.69, 9.17) is 0 Å². The molecule has 6 heteroatoms. The number of nitrogens with one attached hydrogen (secondary N) is 1. The third-order valence-electron chi connectivity index (χ3n) is 4.46. The van der Waals surface area contributed by atoms with Gasteiger partial charge >= 0.3 is 6.18 Å². The Morgan fingerprint density at radius 2 is 2.04 bits per heavy atom. The molecule has 1 saturated heterocycles. The number of hydrogen-bond acceptors (Lipinski definition) is 3. The van der Waals surface area contributed by atoms with E-state index in [9.17, 15) is 13.2 Å². The first kappa shape index (κ1) is 14.4. The average Bonchev–Trinajstić information content (AvgIpc) is 2.54. The Kier molecular flexibility index (Phi) is 3.21. The third kappa shape index (κ3) is 2.62. The molecule has 2 bridgehead atoms. The molecule has 0 aliphatic carbocycles. The number of halogens is 3. The molecular weight excluding hydrogens is 303 g/mol. The molecule has 2 aliphatic rings. The van der Waals surface area contributed by atoms with Gasteiger partial charge in [-0.15, -0.1) is 0 Å². The molecular formula is C17H16F3N3. The molecule has 3 heterocycles. The van der Waals surface area contributed by atoms with Gasteiger partial charge in [-0.2, -0.15) is 13.2 Å². The van der Waals surface area contributed by atoms with E-state index >= 15 is 0 Å². The van der Waals surface area contributed by atoms with Gasteiger partial charge in [0.2, 0.25) is 0 Å². The quantitative estimate of drug-likeness (QED) is 0.855. The van der Waals surface area contributed by atoms with Gasteiger partial charge in [0.15, 0.2) is 5.82 Å². The summed E-state index contributed by atoms with van der Waals surface area (Å²) in [6, 6.07) is 9.44. The van der Waals surface area contributed by atoms with Crippen LogP contribution in [-0.4, -0.2) is 24.1 Å². The fourth-order valence-electron chi connectivity index (χ4n) is 3.34. The highest BCUT2D eigenvalue weighted by atomic mass is 19.4. The maximum atomic E-state index is 12.9. The van der Waals surface area contributed by atoms with Crippen LogP contribution in [0.3, 0.4) is 0 Å². The number of benzene rings is 1. The summed E-state index contributed by atoms with van der Waals surface area (Å²) < 4.78 is 38.6. The van der Waals surface area contributed by atoms with E-state index in [1.807, 2.05) is 6.07 Å². The molecule has 1 aromatic carbocycles. The van der Waals surface area contributed by atoms with Crippen molar-refractivity contribution in [2.24, 2.45) is 0 Å². The Morgan fingerprint density at radius 1 is 1.17 bits per heavy atom. The number of aromatic nitrogens is 1. The molecule has 1 N–H and O–H groups in total. The molecule has 1 fully saturated rings. The van der Waals surface area contributed by atoms with E-state index in [0.717, 1.165) is 49.6 Å². The van der Waals surface area contributed by atoms with Crippen molar-refractivity contribution in [1.82, 2.24) is 4.98 Å². The van der Waals surface area contributed by atoms with Crippen LogP contribution in [0, 0.1) is 0 Å². The molecule has 0 spiro atoms. The summed E-state index contributed by atoms with van der Waals surface area (Å²) in [5.74, 6) is 0.774. The smallest absolute Gasteiger partial charge is 0.366 e. The highest BCUT2D eigenvalue weighted by Gasteiger charge is 2.31. The second kappa shape index (κ2) is 5.15. The number of anilines is 2. The second-order valence-electron chi connectivity index (χ2n) is 6.07. The van der Waals surface area contributed by atoms with Gasteiger partial charge in [0.05, 0.1) is 16.9 Å². The van der Waals surface area contributed by atoms with Gasteiger partial charge in [0, 0.05) is 24.7 Å². The van der Waals surface area contributed by atoms with Gasteiger partial charge in [-0.05, 0) is 37.1 Å². The lowest BCUT2D eigenvalue weighted by Crippen LogP contribution is -2.46. The summed E-state index contributed by atoms with van der Waals surface area (Å²) in [7, 11) is 0. The Bertz CT molecular complexity index is 742. The molecule has 1 atom stereocenters. The van der Waals surface area contributed by atoms with E-state index in [1.54, 1.807) is 12.1 Å². The number of fused-ring (bicyclic) bond motifs is 4. The first-order valence-corrected chi connectivity index (χ1v) is 7.71. The lowest BCUT2D eigenvalue weighted by Gasteiger charge is -2.40. The van der Waals surface area contributed by atoms with Crippen molar-refractivity contribution in [1.29, 1.82) is 0 Å². The summed E-state index contributed by atoms with van der Waals surface area (Å²) in [6.07, 6.45) is -2.09. The standard InChI is InChI=1S/C17H16F3N3/c18-17(19,20)12-4-1-3-11(9-12)14-6-7-15-16(22-14)21-13-5-2-8-23(15)10-13/h1,3-4,6-7,9,13H,2,5,8,10H2,(H,21,22)/t13-/m0/s1. The predicted molar refractivity (Wildman–Crippen MR) is 83.5 cm³/mol. The molecule has 2 aliphatic heterocycles. The number of hydrogen-bond donors (Lipinski definition) is 1. The minimum absolute atomic E-state index is 0.375. The zero-order chi connectivity index (χ0) is 16.0. The van der Waals surface area contributed by atoms with Gasteiger partial charge in [0.25, 0.3) is 0 Å². The number of nitrogens with zero attached hydrogens (tertiary/aromatic N) is 2. The van der Waals surface area contributed by atoms with E-state index in [2.05, 4.69) is 15.2 Å². The molecule has 23 heavy (non-hydrogen) atoms. The summed E-state index contributed by atoms with van der Waals surface area (Å²) in [6.45, 7) is 1.98. The molecule has 4 rings (SSSR count). The van der Waals surface area contributed by atoms with Gasteiger partial charge in [-0.25, -0.2) is 4.98 Å². The summed E-state index contributed by atoms with van der Waals surface area (Å²) in [5, 5.41) is 3.41. The predicted octanol–water partition coefficient (Wildman–Crippen LogP) is 4.16. The third-order valence-corrected chi connectivity index (χ3v) is 4.46. The van der Waals surface area contributed by atoms with Crippen LogP contribution in [-0.2, 0) is 6.18 Å². The largest absolute Gasteiger partial charge is 0.416 e. The number of pyridine rings is 1. The lowest BCUT2D eigenvalue weighted by molar-refractivity contribution is -0.137. The lowest BCUT2D eigenvalue weighted by atomic mass is 10.0. The monoisotopic (exact) mass is 319 g/mol. The number of piperidine rings is 1. The topological polar surface area (TPSA) is 28.2 Å². The van der Waals surface area contributed by atoms with Crippen molar-refractivity contribution in [2.45, 2.75) is 25.1 Å². The van der Waals surface area contributed by atoms with Crippen LogP contribution in [0.5, 0.6) is 0 Å². The van der Waals surface area contributed by atoms with Crippen LogP contribution in [0.15, 0.2) is 36.4 Å². The molecule has 3 nitrogen and oxygen atoms in total. The zero-order valence-electron chi connectivity index (χ0n) is 12.4. The molecule has 120 valence electrons. The summed E-state index contributed by atoms with van der Waals surface area (Å²) in [5.41, 5.74) is 1.43. The molecule has 1 aromatic heterocycles. The van der Waals surface area contributed by atoms with Gasteiger partial charge in [-0.3, -0.25) is 0 Å². The molecule has 0 saturated carbocycles. The molecule has 0 unspecified atom stereocenters. The Morgan fingerprint density at radius 3 is 2.87 bits per heavy atom. The maximum absolute atomic E-state index is 12.9. The summed E-state index contributed by atoms with van der Waals surface area (Å²) >= 11 is 0. The van der Waals surface area contributed by atoms with E-state index in [1.165, 1.54) is 6.07 Å². The van der Waals surface area contributed by atoms with Crippen LogP contribution >= 0.6 is 0 Å². The Balaban J connectivity index is 1.73. The molecule has 0 amide bonds. The first-order chi connectivity index (χ1) is 11.0. The van der Waals surface area contributed by atoms with Crippen LogP contribution in [0.2, 0.25) is 0 Å². The molecule has 0 radical (unpaired) electrons. The van der Waals surface area contributed by atoms with Crippen molar-refractivity contribution in [3.05, 3.63) is 42.0 Å². The fourth-order valence-corrected chi connectivity index (χ4v) is 3.34. The van der Waals surface area contributed by atoms with Crippen LogP contribution in [0.1, 0.15) is 18.4 Å². The van der Waals surface area contributed by atoms with Gasteiger partial charge in [-0.1, -0.05) is 12.1 Å². The zero-order valence-corrected chi connectivity index (χ0v) is 12.4. The van der Waals surface area contributed by atoms with Crippen LogP contribution < -0.4 is 10.2 Å². The van der Waals surface area contributed by atoms with E-state index in [0.29, 0.717) is 17.3 Å². The SMILES string of the molecule is FC(F)(F)c1cccc(-c2ccc3c(n2)N[C@H]2CCCN3C2)c1. The number of alkyl halides is 3. The Labute approximate surface area is 132 Å². The fraction of sp³-hybridized carbons (Fsp3) is 0.353. The van der Waals surface area contributed by atoms with Gasteiger partial charge in [0.1, 0.15) is 0 Å². The highest BCUT2D eigenvalue weighted by molar-refractivity contribution is 5.74. The van der Waals surface area contributed by atoms with Crippen molar-refractivity contribution in [2.75, 3.05) is 23.3 Å². The van der Waals surface area contributed by atoms with Crippen LogP contribution in [0.25, 0.3) is 11.3 Å². The normalized spacial score (nSPS) is 20.0. The maximum Gasteiger partial charge on any atom is 0.416 e. The van der Waals surface area contributed by atoms with Crippen molar-refractivity contribution >= 4 is 11.5 Å². The second-order valence-corrected chi connectivity index (χ2v) is 6.07. The van der Waals surface area contributed by atoms with Crippen molar-refractivity contribution in [3.63, 3.8) is 0 Å². The van der Waals surface area contributed by atoms with Crippen molar-refractivity contribution in [3.8, 4) is 11.3 Å². The van der Waals surface area contributed by atoms with Crippen LogP contribution in [0.4, 0.5) is 24.7 Å². The summed E-state index contributed by atoms with van der Waals surface area (Å²) in [4.78, 5) is 6.86. The Hall–Kier alpha value is -2.24. The average molecular weight is 319 g/mol. The van der Waals surface area contributed by atoms with E-state index < -0.39 is 11.7 Å². The molecule has 2 aromatic rings. The minimum atomic E-state index is -4.34. The minimum Gasteiger partial charge on any atom is -0.366 e. The first-order valence-electron chi connectivity index (χ1n) is 7.71.